The average Bonchev–Trinajstić information content (AvgIpc) is 2.04. The lowest BCUT2D eigenvalue weighted by molar-refractivity contribution is -0.139. The van der Waals surface area contributed by atoms with Crippen LogP contribution in [0.4, 0.5) is 0 Å². The van der Waals surface area contributed by atoms with Gasteiger partial charge in [0, 0.05) is 0 Å². The van der Waals surface area contributed by atoms with Gasteiger partial charge in [0.2, 0.25) is 0 Å². The Morgan fingerprint density at radius 3 is 2.23 bits per heavy atom. The number of carboxylic acids is 1. The number of carboxylic acid groups (broad SMARTS) is 1. The van der Waals surface area contributed by atoms with Gasteiger partial charge in [0.05, 0.1) is 0 Å². The smallest absolute Gasteiger partial charge is 0.324 e. The first-order valence-electron chi connectivity index (χ1n) is 3.94. The second-order valence-electron chi connectivity index (χ2n) is 3.17. The van der Waals surface area contributed by atoms with Crippen LogP contribution in [-0.2, 0) is 9.12 Å². The van der Waals surface area contributed by atoms with Crippen molar-refractivity contribution in [1.82, 2.24) is 0 Å². The first kappa shape index (κ1) is 10.3. The molecule has 0 saturated heterocycles. The molecule has 1 aromatic rings. The fourth-order valence-corrected chi connectivity index (χ4v) is 1.25. The molecule has 1 atom stereocenters. The quantitative estimate of drug-likeness (QED) is 0.811. The highest BCUT2D eigenvalue weighted by atomic mass is 79.9. The lowest BCUT2D eigenvalue weighted by Gasteiger charge is -2.17. The van der Waals surface area contributed by atoms with Gasteiger partial charge in [0.25, 0.3) is 0 Å². The van der Waals surface area contributed by atoms with E-state index in [2.05, 4.69) is 15.9 Å². The Kier molecular flexibility index (Phi) is 2.76. The van der Waals surface area contributed by atoms with Crippen molar-refractivity contribution in [1.29, 1.82) is 0 Å². The predicted molar refractivity (Wildman–Crippen MR) is 55.1 cm³/mol. The summed E-state index contributed by atoms with van der Waals surface area (Å²) in [6, 6.07) is 7.44. The maximum Gasteiger partial charge on any atom is 0.324 e. The molecule has 1 aromatic carbocycles. The number of carbonyl (C=O) groups is 1. The molecule has 70 valence electrons. The summed E-state index contributed by atoms with van der Waals surface area (Å²) in [5.41, 5.74) is 1.88. The lowest BCUT2D eigenvalue weighted by atomic mass is 10.0. The van der Waals surface area contributed by atoms with Gasteiger partial charge >= 0.3 is 5.97 Å². The number of hydrogen-bond donors (Lipinski definition) is 1. The SMILES string of the molecule is Cc1ccc(C(C)(Br)C(=O)O)cc1. The van der Waals surface area contributed by atoms with E-state index in [4.69, 9.17) is 5.11 Å². The Hall–Kier alpha value is -0.830. The molecule has 3 heteroatoms. The summed E-state index contributed by atoms with van der Waals surface area (Å²) in [4.78, 5) is 10.9. The molecule has 0 radical (unpaired) electrons. The van der Waals surface area contributed by atoms with Crippen molar-refractivity contribution in [3.05, 3.63) is 35.4 Å². The fourth-order valence-electron chi connectivity index (χ4n) is 0.990. The van der Waals surface area contributed by atoms with E-state index in [1.165, 1.54) is 0 Å². The van der Waals surface area contributed by atoms with Gasteiger partial charge < -0.3 is 5.11 Å². The molecular formula is C10H11BrO2. The summed E-state index contributed by atoms with van der Waals surface area (Å²) < 4.78 is -0.985. The topological polar surface area (TPSA) is 37.3 Å². The first-order chi connectivity index (χ1) is 5.94. The van der Waals surface area contributed by atoms with Crippen LogP contribution in [0.3, 0.4) is 0 Å². The molecule has 1 rings (SSSR count). The van der Waals surface area contributed by atoms with Crippen molar-refractivity contribution in [2.45, 2.75) is 18.2 Å². The van der Waals surface area contributed by atoms with Gasteiger partial charge in [-0.25, -0.2) is 0 Å². The summed E-state index contributed by atoms with van der Waals surface area (Å²) in [6.07, 6.45) is 0. The van der Waals surface area contributed by atoms with Gasteiger partial charge in [-0.3, -0.25) is 4.79 Å². The Morgan fingerprint density at radius 1 is 1.38 bits per heavy atom. The van der Waals surface area contributed by atoms with Crippen LogP contribution in [0, 0.1) is 6.92 Å². The van der Waals surface area contributed by atoms with Crippen LogP contribution < -0.4 is 0 Å². The molecule has 0 bridgehead atoms. The Bertz CT molecular complexity index is 314. The predicted octanol–water partition coefficient (Wildman–Crippen LogP) is 2.69. The molecule has 13 heavy (non-hydrogen) atoms. The highest BCUT2D eigenvalue weighted by Crippen LogP contribution is 2.30. The van der Waals surface area contributed by atoms with Gasteiger partial charge in [-0.2, -0.15) is 0 Å². The summed E-state index contributed by atoms with van der Waals surface area (Å²) in [6.45, 7) is 3.59. The van der Waals surface area contributed by atoms with Crippen LogP contribution >= 0.6 is 15.9 Å². The highest BCUT2D eigenvalue weighted by Gasteiger charge is 2.31. The standard InChI is InChI=1S/C10H11BrO2/c1-7-3-5-8(6-4-7)10(2,11)9(12)13/h3-6H,1-2H3,(H,12,13). The van der Waals surface area contributed by atoms with E-state index in [0.717, 1.165) is 11.1 Å². The Balaban J connectivity index is 3.08. The Labute approximate surface area is 85.7 Å². The minimum absolute atomic E-state index is 0.755. The van der Waals surface area contributed by atoms with Crippen molar-refractivity contribution >= 4 is 21.9 Å². The van der Waals surface area contributed by atoms with E-state index >= 15 is 0 Å². The van der Waals surface area contributed by atoms with Crippen LogP contribution in [0.25, 0.3) is 0 Å². The number of halogens is 1. The van der Waals surface area contributed by atoms with E-state index in [-0.39, 0.29) is 0 Å². The maximum atomic E-state index is 10.9. The second-order valence-corrected chi connectivity index (χ2v) is 4.76. The molecule has 0 fully saturated rings. The zero-order chi connectivity index (χ0) is 10.1. The van der Waals surface area contributed by atoms with Crippen molar-refractivity contribution in [3.63, 3.8) is 0 Å². The summed E-state index contributed by atoms with van der Waals surface area (Å²) in [5.74, 6) is -0.878. The van der Waals surface area contributed by atoms with Crippen molar-refractivity contribution < 1.29 is 9.90 Å². The molecule has 0 aromatic heterocycles. The Morgan fingerprint density at radius 2 is 1.85 bits per heavy atom. The monoisotopic (exact) mass is 242 g/mol. The molecule has 2 nitrogen and oxygen atoms in total. The van der Waals surface area contributed by atoms with Crippen molar-refractivity contribution in [3.8, 4) is 0 Å². The first-order valence-corrected chi connectivity index (χ1v) is 4.73. The summed E-state index contributed by atoms with van der Waals surface area (Å²) in [5, 5.41) is 8.92. The van der Waals surface area contributed by atoms with Crippen molar-refractivity contribution in [2.75, 3.05) is 0 Å². The summed E-state index contributed by atoms with van der Waals surface area (Å²) >= 11 is 3.18. The molecule has 0 heterocycles. The molecule has 0 aliphatic rings. The minimum Gasteiger partial charge on any atom is -0.480 e. The van der Waals surface area contributed by atoms with Crippen LogP contribution in [0.1, 0.15) is 18.1 Å². The highest BCUT2D eigenvalue weighted by molar-refractivity contribution is 9.10. The van der Waals surface area contributed by atoms with E-state index in [0.29, 0.717) is 0 Å². The van der Waals surface area contributed by atoms with Gasteiger partial charge in [-0.05, 0) is 19.4 Å². The number of rotatable bonds is 2. The molecule has 1 unspecified atom stereocenters. The van der Waals surface area contributed by atoms with Crippen LogP contribution in [0.15, 0.2) is 24.3 Å². The largest absolute Gasteiger partial charge is 0.480 e. The fraction of sp³-hybridized carbons (Fsp3) is 0.300. The van der Waals surface area contributed by atoms with E-state index in [9.17, 15) is 4.79 Å². The second kappa shape index (κ2) is 3.50. The summed E-state index contributed by atoms with van der Waals surface area (Å²) in [7, 11) is 0. The number of benzene rings is 1. The van der Waals surface area contributed by atoms with Crippen LogP contribution in [0.2, 0.25) is 0 Å². The number of alkyl halides is 1. The molecule has 0 saturated carbocycles. The minimum atomic E-state index is -0.985. The molecule has 0 spiro atoms. The van der Waals surface area contributed by atoms with Gasteiger partial charge in [-0.1, -0.05) is 45.8 Å². The number of aliphatic carboxylic acids is 1. The third-order valence-corrected chi connectivity index (χ3v) is 2.79. The third kappa shape index (κ3) is 2.10. The van der Waals surface area contributed by atoms with E-state index in [1.807, 2.05) is 31.2 Å². The molecule has 0 aliphatic carbocycles. The van der Waals surface area contributed by atoms with Gasteiger partial charge in [-0.15, -0.1) is 0 Å². The molecule has 0 aliphatic heterocycles. The average molecular weight is 243 g/mol. The maximum absolute atomic E-state index is 10.9. The molecule has 0 amide bonds. The number of hydrogen-bond acceptors (Lipinski definition) is 1. The molecular weight excluding hydrogens is 232 g/mol. The zero-order valence-electron chi connectivity index (χ0n) is 7.54. The lowest BCUT2D eigenvalue weighted by Crippen LogP contribution is -2.24. The van der Waals surface area contributed by atoms with Gasteiger partial charge in [0.1, 0.15) is 4.32 Å². The van der Waals surface area contributed by atoms with Crippen LogP contribution in [-0.4, -0.2) is 11.1 Å². The zero-order valence-corrected chi connectivity index (χ0v) is 9.13. The third-order valence-electron chi connectivity index (χ3n) is 2.00. The van der Waals surface area contributed by atoms with Gasteiger partial charge in [0.15, 0.2) is 0 Å². The van der Waals surface area contributed by atoms with E-state index < -0.39 is 10.3 Å². The van der Waals surface area contributed by atoms with Crippen molar-refractivity contribution in [2.24, 2.45) is 0 Å². The van der Waals surface area contributed by atoms with E-state index in [1.54, 1.807) is 6.92 Å². The number of aryl methyl sites for hydroxylation is 1. The van der Waals surface area contributed by atoms with Crippen LogP contribution in [0.5, 0.6) is 0 Å². The molecule has 1 N–H and O–H groups in total. The normalized spacial score (nSPS) is 15.0.